The third kappa shape index (κ3) is 3.81. The number of urea groups is 1. The quantitative estimate of drug-likeness (QED) is 0.381. The molecule has 3 amide bonds. The summed E-state index contributed by atoms with van der Waals surface area (Å²) in [6.07, 6.45) is 0. The fourth-order valence-electron chi connectivity index (χ4n) is 1.77. The van der Waals surface area contributed by atoms with Crippen molar-refractivity contribution in [2.45, 2.75) is 9.29 Å². The van der Waals surface area contributed by atoms with Gasteiger partial charge in [-0.05, 0) is 18.2 Å². The summed E-state index contributed by atoms with van der Waals surface area (Å²) in [4.78, 5) is 30.4. The van der Waals surface area contributed by atoms with Crippen LogP contribution in [0.1, 0.15) is 0 Å². The fraction of sp³-hybridized carbons (Fsp3) is 0.250. The van der Waals surface area contributed by atoms with Gasteiger partial charge in [0.05, 0.1) is 10.7 Å². The molecule has 1 aromatic rings. The average molecular weight is 438 g/mol. The number of imide groups is 1. The van der Waals surface area contributed by atoms with Crippen LogP contribution in [0.25, 0.3) is 0 Å². The van der Waals surface area contributed by atoms with Crippen molar-refractivity contribution >= 4 is 93.1 Å². The summed E-state index contributed by atoms with van der Waals surface area (Å²) in [5.41, 5.74) is -1.20. The summed E-state index contributed by atoms with van der Waals surface area (Å²) >= 11 is 34.5. The van der Waals surface area contributed by atoms with Crippen molar-refractivity contribution in [2.24, 2.45) is 4.99 Å². The number of likely N-dealkylation sites (N-methyl/N-ethyl adjacent to an activating group) is 1. The van der Waals surface area contributed by atoms with Crippen molar-refractivity contribution in [1.29, 1.82) is 0 Å². The predicted molar refractivity (Wildman–Crippen MR) is 94.5 cm³/mol. The highest BCUT2D eigenvalue weighted by Crippen LogP contribution is 2.36. The molecule has 2 rings (SSSR count). The van der Waals surface area contributed by atoms with E-state index in [0.717, 1.165) is 9.80 Å². The summed E-state index contributed by atoms with van der Waals surface area (Å²) in [6, 6.07) is 3.65. The van der Waals surface area contributed by atoms with Gasteiger partial charge in [-0.25, -0.2) is 14.7 Å². The van der Waals surface area contributed by atoms with Crippen molar-refractivity contribution < 1.29 is 9.59 Å². The molecule has 0 N–H and O–H groups in total. The fourth-order valence-corrected chi connectivity index (χ4v) is 2.50. The normalized spacial score (nSPS) is 19.0. The maximum absolute atomic E-state index is 12.5. The van der Waals surface area contributed by atoms with Crippen molar-refractivity contribution in [3.05, 3.63) is 28.2 Å². The number of rotatable bonds is 2. The van der Waals surface area contributed by atoms with Crippen LogP contribution in [0, 0.1) is 0 Å². The number of benzene rings is 1. The van der Waals surface area contributed by atoms with Gasteiger partial charge in [0.2, 0.25) is 9.63 Å². The van der Waals surface area contributed by atoms with Gasteiger partial charge < -0.3 is 0 Å². The zero-order chi connectivity index (χ0) is 17.5. The Balaban J connectivity index is 2.44. The van der Waals surface area contributed by atoms with Crippen LogP contribution < -0.4 is 4.90 Å². The lowest BCUT2D eigenvalue weighted by molar-refractivity contribution is -0.111. The zero-order valence-corrected chi connectivity index (χ0v) is 15.8. The first-order valence-electron chi connectivity index (χ1n) is 5.90. The van der Waals surface area contributed by atoms with E-state index in [1.807, 2.05) is 0 Å². The van der Waals surface area contributed by atoms with Crippen LogP contribution in [0.5, 0.6) is 0 Å². The number of alkyl halides is 4. The number of anilines is 1. The van der Waals surface area contributed by atoms with E-state index in [4.69, 9.17) is 69.6 Å². The average Bonchev–Trinajstić information content (AvgIpc) is 2.63. The molecule has 1 fully saturated rings. The molecule has 0 radical (unpaired) electrons. The monoisotopic (exact) mass is 435 g/mol. The Labute approximate surface area is 161 Å². The largest absolute Gasteiger partial charge is 0.337 e. The van der Waals surface area contributed by atoms with Crippen molar-refractivity contribution in [2.75, 3.05) is 11.9 Å². The van der Waals surface area contributed by atoms with Gasteiger partial charge in [-0.2, -0.15) is 0 Å². The first-order valence-corrected chi connectivity index (χ1v) is 8.22. The van der Waals surface area contributed by atoms with E-state index in [2.05, 4.69) is 4.99 Å². The maximum atomic E-state index is 12.5. The molecule has 0 bridgehead atoms. The molecular formula is C12H7Cl6N3O2. The van der Waals surface area contributed by atoms with E-state index in [0.29, 0.717) is 5.02 Å². The van der Waals surface area contributed by atoms with Gasteiger partial charge >= 0.3 is 11.9 Å². The second-order valence-electron chi connectivity index (χ2n) is 4.41. The molecular weight excluding hydrogens is 431 g/mol. The van der Waals surface area contributed by atoms with Crippen LogP contribution in [0.3, 0.4) is 0 Å². The van der Waals surface area contributed by atoms with E-state index in [9.17, 15) is 9.59 Å². The minimum atomic E-state index is -1.94. The Morgan fingerprint density at radius 2 is 1.78 bits per heavy atom. The molecule has 5 nitrogen and oxygen atoms in total. The topological polar surface area (TPSA) is 53.0 Å². The maximum Gasteiger partial charge on any atom is 0.337 e. The van der Waals surface area contributed by atoms with Crippen molar-refractivity contribution in [3.63, 3.8) is 0 Å². The van der Waals surface area contributed by atoms with Crippen LogP contribution in [0.15, 0.2) is 23.2 Å². The molecule has 0 spiro atoms. The van der Waals surface area contributed by atoms with Crippen LogP contribution in [0.4, 0.5) is 10.5 Å². The molecule has 1 aliphatic heterocycles. The number of hydrogen-bond acceptors (Lipinski definition) is 3. The summed E-state index contributed by atoms with van der Waals surface area (Å²) in [7, 11) is 1.34. The molecule has 124 valence electrons. The van der Waals surface area contributed by atoms with Crippen LogP contribution >= 0.6 is 69.6 Å². The number of amidine groups is 1. The molecule has 1 aliphatic rings. The Morgan fingerprint density at radius 3 is 2.30 bits per heavy atom. The molecule has 23 heavy (non-hydrogen) atoms. The minimum absolute atomic E-state index is 0.123. The number of hydrogen-bond donors (Lipinski definition) is 0. The highest BCUT2D eigenvalue weighted by Gasteiger charge is 2.44. The summed E-state index contributed by atoms with van der Waals surface area (Å²) < 4.78 is -1.94. The zero-order valence-electron chi connectivity index (χ0n) is 11.2. The first kappa shape index (κ1) is 18.9. The number of nitrogens with zero attached hydrogens (tertiary/aromatic N) is 3. The summed E-state index contributed by atoms with van der Waals surface area (Å²) in [6.45, 7) is 0. The molecule has 1 saturated heterocycles. The lowest BCUT2D eigenvalue weighted by Gasteiger charge is -2.15. The Hall–Kier alpha value is -0.430. The van der Waals surface area contributed by atoms with E-state index in [-0.39, 0.29) is 16.5 Å². The highest BCUT2D eigenvalue weighted by atomic mass is 35.6. The standard InChI is InChI=1S/C12H7Cl6N3O2/c1-20-8(19-10(15)12(16,17)18)9(22)21(11(20)23)7-3-2-5(13)4-6(7)14/h2-4,10H,1H3/b19-8-. The molecule has 0 saturated carbocycles. The number of carbonyl (C=O) groups excluding carboxylic acids is 2. The van der Waals surface area contributed by atoms with Gasteiger partial charge in [0, 0.05) is 12.1 Å². The second kappa shape index (κ2) is 6.82. The van der Waals surface area contributed by atoms with Crippen LogP contribution in [-0.2, 0) is 4.79 Å². The Bertz CT molecular complexity index is 703. The van der Waals surface area contributed by atoms with Gasteiger partial charge in [0.25, 0.3) is 0 Å². The molecule has 1 unspecified atom stereocenters. The Morgan fingerprint density at radius 1 is 1.17 bits per heavy atom. The van der Waals surface area contributed by atoms with E-state index in [1.165, 1.54) is 25.2 Å². The van der Waals surface area contributed by atoms with Gasteiger partial charge in [-0.15, -0.1) is 0 Å². The molecule has 1 aromatic carbocycles. The third-order valence-electron chi connectivity index (χ3n) is 2.85. The minimum Gasteiger partial charge on any atom is -0.276 e. The first-order chi connectivity index (χ1) is 10.5. The molecule has 0 aromatic heterocycles. The van der Waals surface area contributed by atoms with Crippen LogP contribution in [0.2, 0.25) is 10.0 Å². The van der Waals surface area contributed by atoms with Crippen molar-refractivity contribution in [3.8, 4) is 0 Å². The highest BCUT2D eigenvalue weighted by molar-refractivity contribution is 6.70. The predicted octanol–water partition coefficient (Wildman–Crippen LogP) is 4.73. The number of aliphatic imine (C=N–C) groups is 1. The molecule has 1 heterocycles. The molecule has 11 heteroatoms. The number of carbonyl (C=O) groups is 2. The van der Waals surface area contributed by atoms with Gasteiger partial charge in [-0.1, -0.05) is 69.6 Å². The van der Waals surface area contributed by atoms with Crippen LogP contribution in [-0.4, -0.2) is 39.0 Å². The molecule has 1 atom stereocenters. The smallest absolute Gasteiger partial charge is 0.276 e. The SMILES string of the molecule is CN1C(=O)N(c2ccc(Cl)cc2Cl)C(=O)/C1=N/C(Cl)C(Cl)(Cl)Cl. The Kier molecular flexibility index (Phi) is 5.61. The number of halogens is 6. The lowest BCUT2D eigenvalue weighted by Crippen LogP contribution is -2.31. The van der Waals surface area contributed by atoms with E-state index < -0.39 is 21.2 Å². The summed E-state index contributed by atoms with van der Waals surface area (Å²) in [5, 5.41) is 0.481. The lowest BCUT2D eigenvalue weighted by atomic mass is 10.3. The van der Waals surface area contributed by atoms with Gasteiger partial charge in [0.1, 0.15) is 0 Å². The van der Waals surface area contributed by atoms with Gasteiger partial charge in [0.15, 0.2) is 5.50 Å². The van der Waals surface area contributed by atoms with E-state index >= 15 is 0 Å². The molecule has 0 aliphatic carbocycles. The van der Waals surface area contributed by atoms with Crippen molar-refractivity contribution in [1.82, 2.24) is 4.90 Å². The number of amides is 3. The van der Waals surface area contributed by atoms with Gasteiger partial charge in [-0.3, -0.25) is 9.69 Å². The third-order valence-corrected chi connectivity index (χ3v) is 4.76. The second-order valence-corrected chi connectivity index (χ2v) is 8.03. The van der Waals surface area contributed by atoms with E-state index in [1.54, 1.807) is 0 Å². The summed E-state index contributed by atoms with van der Waals surface area (Å²) in [5.74, 6) is -1.02.